The Hall–Kier alpha value is -4.92. The molecule has 0 saturated heterocycles. The van der Waals surface area contributed by atoms with Crippen LogP contribution in [0.2, 0.25) is 0 Å². The molecule has 2 heterocycles. The molecule has 0 spiro atoms. The summed E-state index contributed by atoms with van der Waals surface area (Å²) in [6, 6.07) is 17.3. The van der Waals surface area contributed by atoms with Gasteiger partial charge in [0.15, 0.2) is 5.82 Å². The zero-order valence-electron chi connectivity index (χ0n) is 23.3. The maximum Gasteiger partial charge on any atom is 0.255 e. The van der Waals surface area contributed by atoms with Gasteiger partial charge in [0, 0.05) is 49.0 Å². The van der Waals surface area contributed by atoms with E-state index < -0.39 is 29.3 Å². The van der Waals surface area contributed by atoms with Crippen LogP contribution in [0.25, 0.3) is 33.4 Å². The molecule has 2 aromatic heterocycles. The van der Waals surface area contributed by atoms with Crippen molar-refractivity contribution in [3.63, 3.8) is 0 Å². The van der Waals surface area contributed by atoms with E-state index in [1.807, 2.05) is 38.1 Å². The third kappa shape index (κ3) is 4.60. The number of nitrogens with zero attached hydrogens (tertiary/aromatic N) is 2. The van der Waals surface area contributed by atoms with Crippen molar-refractivity contribution >= 4 is 22.8 Å². The van der Waals surface area contributed by atoms with Crippen LogP contribution in [0.15, 0.2) is 77.5 Å². The number of furan rings is 1. The fraction of sp³-hybridized carbons (Fsp3) is 0.212. The number of rotatable bonds is 6. The van der Waals surface area contributed by atoms with E-state index in [1.165, 1.54) is 7.05 Å². The molecule has 0 aliphatic heterocycles. The number of aryl methyl sites for hydroxylation is 2. The number of alkyl halides is 1. The van der Waals surface area contributed by atoms with Crippen LogP contribution in [0, 0.1) is 19.7 Å². The second-order valence-corrected chi connectivity index (χ2v) is 10.7. The Balaban J connectivity index is 1.42. The first kappa shape index (κ1) is 27.3. The SMILES string of the molecule is CNC(=O)c1c(-c2ccc(C)cc2)oc2ccc(-c3cc(C(=O)NC4(c5ncccn5)CC(F)C4)ccc3C)c(F)c12. The van der Waals surface area contributed by atoms with Crippen molar-refractivity contribution in [1.29, 1.82) is 0 Å². The van der Waals surface area contributed by atoms with Gasteiger partial charge >= 0.3 is 0 Å². The Labute approximate surface area is 241 Å². The molecule has 0 unspecified atom stereocenters. The molecule has 2 amide bonds. The minimum absolute atomic E-state index is 0.0558. The van der Waals surface area contributed by atoms with Crippen LogP contribution >= 0.6 is 0 Å². The summed E-state index contributed by atoms with van der Waals surface area (Å²) < 4.78 is 36.5. The molecule has 1 saturated carbocycles. The molecule has 0 radical (unpaired) electrons. The van der Waals surface area contributed by atoms with Gasteiger partial charge < -0.3 is 15.1 Å². The Morgan fingerprint density at radius 2 is 1.67 bits per heavy atom. The molecule has 5 aromatic rings. The molecule has 212 valence electrons. The fourth-order valence-corrected chi connectivity index (χ4v) is 5.53. The van der Waals surface area contributed by atoms with E-state index in [1.54, 1.807) is 48.8 Å². The first-order chi connectivity index (χ1) is 20.2. The molecule has 1 aliphatic rings. The maximum absolute atomic E-state index is 16.4. The first-order valence-electron chi connectivity index (χ1n) is 13.6. The molecule has 9 heteroatoms. The molecule has 3 aromatic carbocycles. The number of carbonyl (C=O) groups is 2. The maximum atomic E-state index is 16.4. The molecule has 1 aliphatic carbocycles. The summed E-state index contributed by atoms with van der Waals surface area (Å²) >= 11 is 0. The van der Waals surface area contributed by atoms with E-state index in [2.05, 4.69) is 20.6 Å². The van der Waals surface area contributed by atoms with E-state index in [9.17, 15) is 14.0 Å². The van der Waals surface area contributed by atoms with Gasteiger partial charge in [-0.15, -0.1) is 0 Å². The monoisotopic (exact) mass is 566 g/mol. The average Bonchev–Trinajstić information content (AvgIpc) is 3.38. The third-order valence-corrected chi connectivity index (χ3v) is 7.84. The molecular weight excluding hydrogens is 538 g/mol. The summed E-state index contributed by atoms with van der Waals surface area (Å²) in [5.74, 6) is -0.951. The van der Waals surface area contributed by atoms with Gasteiger partial charge in [0.2, 0.25) is 0 Å². The number of carbonyl (C=O) groups excluding carboxylic acids is 2. The number of hydrogen-bond donors (Lipinski definition) is 2. The van der Waals surface area contributed by atoms with Crippen LogP contribution < -0.4 is 10.6 Å². The van der Waals surface area contributed by atoms with Crippen LogP contribution in [0.5, 0.6) is 0 Å². The largest absolute Gasteiger partial charge is 0.455 e. The Morgan fingerprint density at radius 1 is 0.952 bits per heavy atom. The fourth-order valence-electron chi connectivity index (χ4n) is 5.53. The van der Waals surface area contributed by atoms with Gasteiger partial charge in [-0.05, 0) is 55.3 Å². The molecule has 7 nitrogen and oxygen atoms in total. The Morgan fingerprint density at radius 3 is 2.33 bits per heavy atom. The number of hydrogen-bond acceptors (Lipinski definition) is 5. The number of aromatic nitrogens is 2. The molecular formula is C33H28F2N4O3. The highest BCUT2D eigenvalue weighted by Crippen LogP contribution is 2.42. The van der Waals surface area contributed by atoms with Gasteiger partial charge in [-0.2, -0.15) is 0 Å². The van der Waals surface area contributed by atoms with E-state index in [0.717, 1.165) is 11.1 Å². The summed E-state index contributed by atoms with van der Waals surface area (Å²) in [7, 11) is 1.48. The lowest BCUT2D eigenvalue weighted by atomic mass is 9.74. The second kappa shape index (κ2) is 10.5. The van der Waals surface area contributed by atoms with E-state index in [4.69, 9.17) is 4.42 Å². The summed E-state index contributed by atoms with van der Waals surface area (Å²) in [5.41, 5.74) is 2.68. The number of benzene rings is 3. The van der Waals surface area contributed by atoms with Crippen molar-refractivity contribution < 1.29 is 22.8 Å². The lowest BCUT2D eigenvalue weighted by molar-refractivity contribution is 0.0481. The predicted molar refractivity (Wildman–Crippen MR) is 155 cm³/mol. The standard InChI is InChI=1S/C33H28F2N4O3/c1-18-5-8-20(9-6-18)29-27(31(41)36-3)26-25(42-29)12-11-23(28(26)35)24-15-21(10-7-19(24)2)30(40)39-33(16-22(34)17-33)32-37-13-4-14-38-32/h4-15,22H,16-17H2,1-3H3,(H,36,41)(H,39,40). The lowest BCUT2D eigenvalue weighted by Gasteiger charge is -2.43. The van der Waals surface area contributed by atoms with Gasteiger partial charge in [0.05, 0.1) is 10.9 Å². The molecule has 0 bridgehead atoms. The highest BCUT2D eigenvalue weighted by molar-refractivity contribution is 6.12. The van der Waals surface area contributed by atoms with Gasteiger partial charge in [-0.1, -0.05) is 35.9 Å². The van der Waals surface area contributed by atoms with Crippen molar-refractivity contribution in [1.82, 2.24) is 20.6 Å². The topological polar surface area (TPSA) is 97.1 Å². The zero-order chi connectivity index (χ0) is 29.6. The zero-order valence-corrected chi connectivity index (χ0v) is 23.3. The predicted octanol–water partition coefficient (Wildman–Crippen LogP) is 6.43. The number of halogens is 2. The molecule has 1 fully saturated rings. The molecule has 42 heavy (non-hydrogen) atoms. The van der Waals surface area contributed by atoms with Crippen molar-refractivity contribution in [2.45, 2.75) is 38.4 Å². The second-order valence-electron chi connectivity index (χ2n) is 10.7. The summed E-state index contributed by atoms with van der Waals surface area (Å²) in [5, 5.41) is 5.58. The van der Waals surface area contributed by atoms with Crippen LogP contribution in [-0.4, -0.2) is 35.0 Å². The van der Waals surface area contributed by atoms with Crippen molar-refractivity contribution in [3.8, 4) is 22.5 Å². The van der Waals surface area contributed by atoms with Crippen LogP contribution in [0.4, 0.5) is 8.78 Å². The van der Waals surface area contributed by atoms with E-state index in [0.29, 0.717) is 17.0 Å². The minimum Gasteiger partial charge on any atom is -0.455 e. The lowest BCUT2D eigenvalue weighted by Crippen LogP contribution is -2.56. The Kier molecular flexibility index (Phi) is 6.80. The summed E-state index contributed by atoms with van der Waals surface area (Å²) in [4.78, 5) is 35.0. The number of amides is 2. The van der Waals surface area contributed by atoms with Gasteiger partial charge in [-0.25, -0.2) is 18.7 Å². The van der Waals surface area contributed by atoms with Gasteiger partial charge in [-0.3, -0.25) is 9.59 Å². The minimum atomic E-state index is -1.07. The van der Waals surface area contributed by atoms with Crippen LogP contribution in [0.3, 0.4) is 0 Å². The summed E-state index contributed by atoms with van der Waals surface area (Å²) in [6.07, 6.45) is 2.17. The van der Waals surface area contributed by atoms with Gasteiger partial charge in [0.25, 0.3) is 11.8 Å². The van der Waals surface area contributed by atoms with Gasteiger partial charge in [0.1, 0.15) is 28.9 Å². The van der Waals surface area contributed by atoms with Crippen molar-refractivity contribution in [2.24, 2.45) is 0 Å². The normalized spacial score (nSPS) is 18.0. The number of fused-ring (bicyclic) bond motifs is 1. The highest BCUT2D eigenvalue weighted by atomic mass is 19.1. The quantitative estimate of drug-likeness (QED) is 0.247. The Bertz CT molecular complexity index is 1830. The highest BCUT2D eigenvalue weighted by Gasteiger charge is 2.49. The smallest absolute Gasteiger partial charge is 0.255 e. The van der Waals surface area contributed by atoms with Crippen molar-refractivity contribution in [2.75, 3.05) is 7.05 Å². The third-order valence-electron chi connectivity index (χ3n) is 7.84. The van der Waals surface area contributed by atoms with Crippen LogP contribution in [-0.2, 0) is 5.54 Å². The first-order valence-corrected chi connectivity index (χ1v) is 13.6. The van der Waals surface area contributed by atoms with Crippen molar-refractivity contribution in [3.05, 3.63) is 107 Å². The molecule has 2 N–H and O–H groups in total. The van der Waals surface area contributed by atoms with Crippen LogP contribution in [0.1, 0.15) is 50.5 Å². The summed E-state index contributed by atoms with van der Waals surface area (Å²) in [6.45, 7) is 3.76. The average molecular weight is 567 g/mol. The van der Waals surface area contributed by atoms with E-state index in [-0.39, 0.29) is 46.3 Å². The van der Waals surface area contributed by atoms with E-state index >= 15 is 4.39 Å². The molecule has 0 atom stereocenters. The molecule has 6 rings (SSSR count). The number of nitrogens with one attached hydrogen (secondary N) is 2.